The first kappa shape index (κ1) is 24.5. The van der Waals surface area contributed by atoms with E-state index in [1.807, 2.05) is 62.5 Å². The van der Waals surface area contributed by atoms with Crippen molar-refractivity contribution in [2.45, 2.75) is 32.1 Å². The molecule has 8 rings (SSSR count). The van der Waals surface area contributed by atoms with Crippen LogP contribution in [0.4, 0.5) is 11.4 Å². The molecule has 2 amide bonds. The Kier molecular flexibility index (Phi) is 5.53. The van der Waals surface area contributed by atoms with Crippen molar-refractivity contribution in [1.29, 1.82) is 0 Å². The van der Waals surface area contributed by atoms with E-state index in [4.69, 9.17) is 9.73 Å². The predicted molar refractivity (Wildman–Crippen MR) is 157 cm³/mol. The number of carbonyl (C=O) groups excluding carboxylic acids is 2. The lowest BCUT2D eigenvalue weighted by Crippen LogP contribution is -2.54. The van der Waals surface area contributed by atoms with E-state index in [1.165, 1.54) is 4.90 Å². The summed E-state index contributed by atoms with van der Waals surface area (Å²) >= 11 is 0. The number of imide groups is 1. The predicted octanol–water partition coefficient (Wildman–Crippen LogP) is 6.66. The van der Waals surface area contributed by atoms with E-state index in [0.717, 1.165) is 39.1 Å². The molecule has 4 aromatic carbocycles. The first-order valence-electron chi connectivity index (χ1n) is 13.9. The number of ether oxygens (including phenoxy) is 1. The molecule has 5 nitrogen and oxygen atoms in total. The molecule has 3 aliphatic carbocycles. The van der Waals surface area contributed by atoms with Crippen molar-refractivity contribution in [2.24, 2.45) is 16.8 Å². The third-order valence-corrected chi connectivity index (χ3v) is 8.86. The first-order chi connectivity index (χ1) is 19.5. The van der Waals surface area contributed by atoms with Crippen LogP contribution in [-0.2, 0) is 15.0 Å². The number of hydrogen-bond acceptors (Lipinski definition) is 4. The fraction of sp³-hybridized carbons (Fsp3) is 0.229. The molecule has 0 aromatic heterocycles. The van der Waals surface area contributed by atoms with Gasteiger partial charge < -0.3 is 4.74 Å². The minimum Gasteiger partial charge on any atom is -0.492 e. The lowest BCUT2D eigenvalue weighted by Gasteiger charge is -2.52. The summed E-state index contributed by atoms with van der Waals surface area (Å²) in [7, 11) is 0. The first-order valence-corrected chi connectivity index (χ1v) is 13.9. The minimum absolute atomic E-state index is 0.180. The molecule has 1 heterocycles. The summed E-state index contributed by atoms with van der Waals surface area (Å²) in [6.07, 6.45) is 1.96. The lowest BCUT2D eigenvalue weighted by atomic mass is 9.47. The summed E-state index contributed by atoms with van der Waals surface area (Å²) in [5.74, 6) is -1.24. The standard InChI is InChI=1S/C35H30N2O3/c1-4-40-29-16-10-9-15-28(29)37-33(38)31-30-23-11-5-7-13-25(23)35(32(31)34(37)39,26-14-8-6-12-24(26)30)20-36-27-19-21(2)17-18-22(27)3/h5-20,30-32H,4H2,1-3H3. The number of nitrogens with zero attached hydrogens (tertiary/aromatic N) is 2. The van der Waals surface area contributed by atoms with Crippen molar-refractivity contribution in [2.75, 3.05) is 11.5 Å². The van der Waals surface area contributed by atoms with Crippen LogP contribution in [0.25, 0.3) is 0 Å². The van der Waals surface area contributed by atoms with Gasteiger partial charge >= 0.3 is 0 Å². The quantitative estimate of drug-likeness (QED) is 0.216. The second-order valence-corrected chi connectivity index (χ2v) is 11.0. The Morgan fingerprint density at radius 1 is 0.850 bits per heavy atom. The Morgan fingerprint density at radius 3 is 2.20 bits per heavy atom. The van der Waals surface area contributed by atoms with Gasteiger partial charge in [0, 0.05) is 12.1 Å². The number of carbonyl (C=O) groups is 2. The molecule has 5 heteroatoms. The molecule has 4 aliphatic rings. The molecule has 0 radical (unpaired) electrons. The zero-order chi connectivity index (χ0) is 27.6. The van der Waals surface area contributed by atoms with E-state index >= 15 is 0 Å². The van der Waals surface area contributed by atoms with Gasteiger partial charge in [0.15, 0.2) is 0 Å². The van der Waals surface area contributed by atoms with Gasteiger partial charge in [-0.3, -0.25) is 14.6 Å². The lowest BCUT2D eigenvalue weighted by molar-refractivity contribution is -0.122. The molecule has 2 atom stereocenters. The van der Waals surface area contributed by atoms with Crippen molar-refractivity contribution in [3.63, 3.8) is 0 Å². The zero-order valence-corrected chi connectivity index (χ0v) is 22.8. The highest BCUT2D eigenvalue weighted by Crippen LogP contribution is 2.64. The van der Waals surface area contributed by atoms with Crippen LogP contribution >= 0.6 is 0 Å². The van der Waals surface area contributed by atoms with Crippen LogP contribution in [0, 0.1) is 25.7 Å². The Balaban J connectivity index is 1.50. The van der Waals surface area contributed by atoms with Crippen molar-refractivity contribution >= 4 is 29.4 Å². The zero-order valence-electron chi connectivity index (χ0n) is 22.8. The van der Waals surface area contributed by atoms with Gasteiger partial charge in [-0.05, 0) is 72.4 Å². The largest absolute Gasteiger partial charge is 0.492 e. The van der Waals surface area contributed by atoms with Crippen LogP contribution < -0.4 is 9.64 Å². The minimum atomic E-state index is -0.898. The second-order valence-electron chi connectivity index (χ2n) is 11.0. The fourth-order valence-electron chi connectivity index (χ4n) is 7.24. The number of benzene rings is 4. The third kappa shape index (κ3) is 3.24. The van der Waals surface area contributed by atoms with E-state index in [-0.39, 0.29) is 17.7 Å². The number of para-hydroxylation sites is 2. The maximum Gasteiger partial charge on any atom is 0.239 e. The van der Waals surface area contributed by atoms with Crippen LogP contribution in [0.2, 0.25) is 0 Å². The van der Waals surface area contributed by atoms with Crippen molar-refractivity contribution in [1.82, 2.24) is 0 Å². The molecule has 198 valence electrons. The molecule has 1 saturated heterocycles. The molecule has 2 unspecified atom stereocenters. The number of amides is 2. The van der Waals surface area contributed by atoms with Gasteiger partial charge in [0.2, 0.25) is 11.8 Å². The van der Waals surface area contributed by atoms with Crippen LogP contribution in [0.1, 0.15) is 46.2 Å². The highest BCUT2D eigenvalue weighted by atomic mass is 16.5. The van der Waals surface area contributed by atoms with Crippen molar-refractivity contribution in [3.05, 3.63) is 124 Å². The van der Waals surface area contributed by atoms with Gasteiger partial charge in [0.25, 0.3) is 0 Å². The van der Waals surface area contributed by atoms with Crippen molar-refractivity contribution < 1.29 is 14.3 Å². The van der Waals surface area contributed by atoms with E-state index in [2.05, 4.69) is 49.4 Å². The van der Waals surface area contributed by atoms with Crippen LogP contribution in [-0.4, -0.2) is 24.6 Å². The number of aliphatic imine (C=N–C) groups is 1. The summed E-state index contributed by atoms with van der Waals surface area (Å²) in [4.78, 5) is 35.5. The van der Waals surface area contributed by atoms with Gasteiger partial charge in [-0.25, -0.2) is 4.90 Å². The molecular weight excluding hydrogens is 496 g/mol. The van der Waals surface area contributed by atoms with E-state index in [1.54, 1.807) is 6.07 Å². The topological polar surface area (TPSA) is 59.0 Å². The highest BCUT2D eigenvalue weighted by Gasteiger charge is 2.68. The second kappa shape index (κ2) is 9.02. The molecule has 0 saturated carbocycles. The number of hydrogen-bond donors (Lipinski definition) is 0. The number of rotatable bonds is 5. The number of aryl methyl sites for hydroxylation is 2. The van der Waals surface area contributed by atoms with Gasteiger partial charge in [-0.2, -0.15) is 0 Å². The summed E-state index contributed by atoms with van der Waals surface area (Å²) in [6.45, 7) is 6.43. The molecule has 1 aliphatic heterocycles. The van der Waals surface area contributed by atoms with Crippen LogP contribution in [0.15, 0.2) is 96.0 Å². The maximum absolute atomic E-state index is 14.6. The monoisotopic (exact) mass is 526 g/mol. The molecule has 40 heavy (non-hydrogen) atoms. The molecule has 1 fully saturated rings. The summed E-state index contributed by atoms with van der Waals surface area (Å²) < 4.78 is 5.87. The van der Waals surface area contributed by atoms with Crippen LogP contribution in [0.5, 0.6) is 5.75 Å². The van der Waals surface area contributed by atoms with E-state index < -0.39 is 17.3 Å². The Hall–Kier alpha value is -4.51. The molecule has 0 spiro atoms. The third-order valence-electron chi connectivity index (χ3n) is 8.86. The summed E-state index contributed by atoms with van der Waals surface area (Å²) in [6, 6.07) is 30.1. The Labute approximate surface area is 234 Å². The van der Waals surface area contributed by atoms with Gasteiger partial charge in [-0.1, -0.05) is 72.8 Å². The molecular formula is C35H30N2O3. The smallest absolute Gasteiger partial charge is 0.239 e. The normalized spacial score (nSPS) is 24.3. The van der Waals surface area contributed by atoms with E-state index in [0.29, 0.717) is 18.0 Å². The van der Waals surface area contributed by atoms with E-state index in [9.17, 15) is 9.59 Å². The average Bonchev–Trinajstić information content (AvgIpc) is 3.24. The van der Waals surface area contributed by atoms with Crippen molar-refractivity contribution in [3.8, 4) is 5.75 Å². The SMILES string of the molecule is CCOc1ccccc1N1C(=O)C2C3c4ccccc4C(C=Nc4cc(C)ccc4C)(c4ccccc43)C2C1=O. The average molecular weight is 527 g/mol. The van der Waals surface area contributed by atoms with Gasteiger partial charge in [-0.15, -0.1) is 0 Å². The molecule has 0 N–H and O–H groups in total. The molecule has 4 aromatic rings. The Morgan fingerprint density at radius 2 is 1.50 bits per heavy atom. The summed E-state index contributed by atoms with van der Waals surface area (Å²) in [5, 5.41) is 0. The fourth-order valence-corrected chi connectivity index (χ4v) is 7.24. The number of anilines is 1. The van der Waals surface area contributed by atoms with Gasteiger partial charge in [0.05, 0.1) is 35.2 Å². The van der Waals surface area contributed by atoms with Crippen LogP contribution in [0.3, 0.4) is 0 Å². The van der Waals surface area contributed by atoms with Gasteiger partial charge in [0.1, 0.15) is 5.75 Å². The Bertz CT molecular complexity index is 1670. The molecule has 2 bridgehead atoms. The summed E-state index contributed by atoms with van der Waals surface area (Å²) in [5.41, 5.74) is 6.93. The maximum atomic E-state index is 14.6. The highest BCUT2D eigenvalue weighted by molar-refractivity contribution is 6.25.